The van der Waals surface area contributed by atoms with Crippen LogP contribution in [-0.4, -0.2) is 29.9 Å². The van der Waals surface area contributed by atoms with Crippen LogP contribution in [0.15, 0.2) is 18.2 Å². The number of aromatic nitrogens is 2. The van der Waals surface area contributed by atoms with Gasteiger partial charge in [-0.25, -0.2) is 4.98 Å². The second kappa shape index (κ2) is 6.24. The zero-order valence-electron chi connectivity index (χ0n) is 12.5. The van der Waals surface area contributed by atoms with Crippen LogP contribution < -0.4 is 4.74 Å². The molecule has 0 N–H and O–H groups in total. The zero-order valence-corrected chi connectivity index (χ0v) is 13.3. The fraction of sp³-hybridized carbons (Fsp3) is 0.562. The van der Waals surface area contributed by atoms with Crippen molar-refractivity contribution in [3.05, 3.63) is 24.0 Å². The molecule has 21 heavy (non-hydrogen) atoms. The molecule has 0 bridgehead atoms. The molecule has 1 aromatic carbocycles. The highest BCUT2D eigenvalue weighted by atomic mass is 35.5. The molecule has 1 aromatic heterocycles. The van der Waals surface area contributed by atoms with E-state index in [-0.39, 0.29) is 5.38 Å². The summed E-state index contributed by atoms with van der Waals surface area (Å²) in [6.07, 6.45) is 2.34. The molecule has 1 fully saturated rings. The number of hydrogen-bond acceptors (Lipinski definition) is 3. The zero-order chi connectivity index (χ0) is 14.8. The van der Waals surface area contributed by atoms with E-state index in [1.165, 1.54) is 6.42 Å². The Hall–Kier alpha value is -1.26. The van der Waals surface area contributed by atoms with Gasteiger partial charge < -0.3 is 14.0 Å². The van der Waals surface area contributed by atoms with E-state index in [1.54, 1.807) is 7.11 Å². The maximum Gasteiger partial charge on any atom is 0.127 e. The van der Waals surface area contributed by atoms with E-state index in [0.717, 1.165) is 48.8 Å². The first-order valence-corrected chi connectivity index (χ1v) is 7.88. The number of rotatable bonds is 4. The van der Waals surface area contributed by atoms with Crippen molar-refractivity contribution in [2.45, 2.75) is 31.7 Å². The van der Waals surface area contributed by atoms with Crippen molar-refractivity contribution in [2.75, 3.05) is 20.3 Å². The number of imidazole rings is 1. The topological polar surface area (TPSA) is 36.3 Å². The Kier molecular flexibility index (Phi) is 4.36. The van der Waals surface area contributed by atoms with Gasteiger partial charge in [0.1, 0.15) is 11.6 Å². The Morgan fingerprint density at radius 2 is 2.38 bits per heavy atom. The van der Waals surface area contributed by atoms with E-state index in [4.69, 9.17) is 26.1 Å². The third-order valence-electron chi connectivity index (χ3n) is 4.04. The lowest BCUT2D eigenvalue weighted by Gasteiger charge is -2.24. The normalized spacial score (nSPS) is 20.6. The van der Waals surface area contributed by atoms with Gasteiger partial charge in [0.15, 0.2) is 0 Å². The van der Waals surface area contributed by atoms with Crippen molar-refractivity contribution >= 4 is 22.6 Å². The van der Waals surface area contributed by atoms with Gasteiger partial charge in [-0.2, -0.15) is 0 Å². The van der Waals surface area contributed by atoms with Gasteiger partial charge in [-0.1, -0.05) is 0 Å². The monoisotopic (exact) mass is 308 g/mol. The molecule has 0 aliphatic carbocycles. The standard InChI is InChI=1S/C16H21ClN2O2/c1-11(17)16-18-14-8-13(20-2)5-6-15(14)19(16)9-12-4-3-7-21-10-12/h5-6,8,11-12H,3-4,7,9-10H2,1-2H3. The van der Waals surface area contributed by atoms with Gasteiger partial charge >= 0.3 is 0 Å². The summed E-state index contributed by atoms with van der Waals surface area (Å²) in [5.74, 6) is 2.28. The summed E-state index contributed by atoms with van der Waals surface area (Å²) >= 11 is 6.33. The predicted molar refractivity (Wildman–Crippen MR) is 84.1 cm³/mol. The molecular formula is C16H21ClN2O2. The molecule has 1 saturated heterocycles. The van der Waals surface area contributed by atoms with Crippen molar-refractivity contribution in [3.8, 4) is 5.75 Å². The highest BCUT2D eigenvalue weighted by molar-refractivity contribution is 6.20. The van der Waals surface area contributed by atoms with Crippen LogP contribution in [0.25, 0.3) is 11.0 Å². The van der Waals surface area contributed by atoms with Crippen LogP contribution in [0.5, 0.6) is 5.75 Å². The molecule has 1 aliphatic rings. The molecule has 114 valence electrons. The van der Waals surface area contributed by atoms with Crippen LogP contribution >= 0.6 is 11.6 Å². The highest BCUT2D eigenvalue weighted by Crippen LogP contribution is 2.29. The number of ether oxygens (including phenoxy) is 2. The number of fused-ring (bicyclic) bond motifs is 1. The van der Waals surface area contributed by atoms with E-state index in [2.05, 4.69) is 10.6 Å². The van der Waals surface area contributed by atoms with E-state index in [1.807, 2.05) is 19.1 Å². The second-order valence-corrected chi connectivity index (χ2v) is 6.29. The summed E-state index contributed by atoms with van der Waals surface area (Å²) < 4.78 is 13.1. The fourth-order valence-electron chi connectivity index (χ4n) is 2.96. The van der Waals surface area contributed by atoms with Gasteiger partial charge in [-0.05, 0) is 31.9 Å². The maximum atomic E-state index is 6.33. The van der Waals surface area contributed by atoms with Crippen LogP contribution in [-0.2, 0) is 11.3 Å². The lowest BCUT2D eigenvalue weighted by atomic mass is 10.0. The molecular weight excluding hydrogens is 288 g/mol. The van der Waals surface area contributed by atoms with Crippen LogP contribution in [0, 0.1) is 5.92 Å². The molecule has 3 rings (SSSR count). The number of methoxy groups -OCH3 is 1. The lowest BCUT2D eigenvalue weighted by Crippen LogP contribution is -2.23. The molecule has 0 amide bonds. The van der Waals surface area contributed by atoms with E-state index in [0.29, 0.717) is 5.92 Å². The average molecular weight is 309 g/mol. The Bertz CT molecular complexity index is 618. The molecule has 2 aromatic rings. The third kappa shape index (κ3) is 3.01. The molecule has 0 saturated carbocycles. The van der Waals surface area contributed by atoms with Crippen LogP contribution in [0.1, 0.15) is 31.0 Å². The number of hydrogen-bond donors (Lipinski definition) is 0. The number of halogens is 1. The summed E-state index contributed by atoms with van der Waals surface area (Å²) in [7, 11) is 1.67. The fourth-order valence-corrected chi connectivity index (χ4v) is 3.13. The van der Waals surface area contributed by atoms with E-state index in [9.17, 15) is 0 Å². The molecule has 1 aliphatic heterocycles. The average Bonchev–Trinajstić information content (AvgIpc) is 2.86. The summed E-state index contributed by atoms with van der Waals surface area (Å²) in [6.45, 7) is 4.59. The first-order valence-electron chi connectivity index (χ1n) is 7.45. The van der Waals surface area contributed by atoms with Gasteiger partial charge in [-0.3, -0.25) is 0 Å². The summed E-state index contributed by atoms with van der Waals surface area (Å²) in [5.41, 5.74) is 2.05. The van der Waals surface area contributed by atoms with Gasteiger partial charge in [-0.15, -0.1) is 11.6 Å². The van der Waals surface area contributed by atoms with Crippen LogP contribution in [0.3, 0.4) is 0 Å². The molecule has 4 nitrogen and oxygen atoms in total. The second-order valence-electron chi connectivity index (χ2n) is 5.63. The molecule has 2 heterocycles. The molecule has 0 radical (unpaired) electrons. The SMILES string of the molecule is COc1ccc2c(c1)nc(C(C)Cl)n2CC1CCCOC1. The van der Waals surface area contributed by atoms with Gasteiger partial charge in [0.25, 0.3) is 0 Å². The first-order chi connectivity index (χ1) is 10.2. The Balaban J connectivity index is 1.99. The van der Waals surface area contributed by atoms with Gasteiger partial charge in [0.05, 0.1) is 30.1 Å². The first kappa shape index (κ1) is 14.7. The predicted octanol–water partition coefficient (Wildman–Crippen LogP) is 3.77. The van der Waals surface area contributed by atoms with E-state index >= 15 is 0 Å². The minimum absolute atomic E-state index is 0.118. The summed E-state index contributed by atoms with van der Waals surface area (Å²) in [4.78, 5) is 4.70. The van der Waals surface area contributed by atoms with Crippen molar-refractivity contribution in [2.24, 2.45) is 5.92 Å². The van der Waals surface area contributed by atoms with Gasteiger partial charge in [0.2, 0.25) is 0 Å². The van der Waals surface area contributed by atoms with Crippen LogP contribution in [0.2, 0.25) is 0 Å². The van der Waals surface area contributed by atoms with Crippen molar-refractivity contribution < 1.29 is 9.47 Å². The molecule has 0 spiro atoms. The lowest BCUT2D eigenvalue weighted by molar-refractivity contribution is 0.0485. The number of benzene rings is 1. The maximum absolute atomic E-state index is 6.33. The van der Waals surface area contributed by atoms with Crippen molar-refractivity contribution in [1.82, 2.24) is 9.55 Å². The van der Waals surface area contributed by atoms with Crippen molar-refractivity contribution in [1.29, 1.82) is 0 Å². The smallest absolute Gasteiger partial charge is 0.127 e. The largest absolute Gasteiger partial charge is 0.497 e. The minimum atomic E-state index is -0.118. The number of nitrogens with zero attached hydrogens (tertiary/aromatic N) is 2. The van der Waals surface area contributed by atoms with Crippen molar-refractivity contribution in [3.63, 3.8) is 0 Å². The van der Waals surface area contributed by atoms with Gasteiger partial charge in [0, 0.05) is 25.1 Å². The third-order valence-corrected chi connectivity index (χ3v) is 4.23. The highest BCUT2D eigenvalue weighted by Gasteiger charge is 2.20. The Morgan fingerprint density at radius 1 is 1.52 bits per heavy atom. The molecule has 2 atom stereocenters. The summed E-state index contributed by atoms with van der Waals surface area (Å²) in [5, 5.41) is -0.118. The molecule has 2 unspecified atom stereocenters. The number of alkyl halides is 1. The Labute approximate surface area is 130 Å². The minimum Gasteiger partial charge on any atom is -0.497 e. The Morgan fingerprint density at radius 3 is 3.05 bits per heavy atom. The molecule has 5 heteroatoms. The summed E-state index contributed by atoms with van der Waals surface area (Å²) in [6, 6.07) is 6.00. The van der Waals surface area contributed by atoms with E-state index < -0.39 is 0 Å². The quantitative estimate of drug-likeness (QED) is 0.807. The van der Waals surface area contributed by atoms with Crippen LogP contribution in [0.4, 0.5) is 0 Å².